The molecule has 0 aliphatic carbocycles. The van der Waals surface area contributed by atoms with Crippen molar-refractivity contribution in [2.24, 2.45) is 0 Å². The Hall–Kier alpha value is -1.89. The van der Waals surface area contributed by atoms with Crippen molar-refractivity contribution in [3.63, 3.8) is 0 Å². The second-order valence-corrected chi connectivity index (χ2v) is 5.80. The second kappa shape index (κ2) is 6.26. The van der Waals surface area contributed by atoms with Crippen LogP contribution >= 0.6 is 22.6 Å². The number of carboxylic acids is 1. The molecule has 2 aromatic rings. The molecule has 0 saturated carbocycles. The van der Waals surface area contributed by atoms with Crippen LogP contribution in [-0.4, -0.2) is 17.0 Å². The number of halogens is 1. The Labute approximate surface area is 136 Å². The van der Waals surface area contributed by atoms with E-state index in [4.69, 9.17) is 5.11 Å². The number of carbonyl (C=O) groups excluding carboxylic acids is 1. The largest absolute Gasteiger partial charge is 0.478 e. The fraction of sp³-hybridized carbons (Fsp3) is 0.125. The average Bonchev–Trinajstić information content (AvgIpc) is 2.41. The number of benzene rings is 2. The average molecular weight is 395 g/mol. The summed E-state index contributed by atoms with van der Waals surface area (Å²) in [7, 11) is 0. The van der Waals surface area contributed by atoms with Crippen LogP contribution in [0.5, 0.6) is 0 Å². The van der Waals surface area contributed by atoms with E-state index in [0.29, 0.717) is 16.8 Å². The third-order valence-electron chi connectivity index (χ3n) is 3.15. The summed E-state index contributed by atoms with van der Waals surface area (Å²) in [6.07, 6.45) is 0. The van der Waals surface area contributed by atoms with E-state index in [9.17, 15) is 9.59 Å². The van der Waals surface area contributed by atoms with Crippen LogP contribution in [0.1, 0.15) is 31.8 Å². The van der Waals surface area contributed by atoms with Gasteiger partial charge in [-0.05, 0) is 71.8 Å². The van der Waals surface area contributed by atoms with Gasteiger partial charge in [0.15, 0.2) is 0 Å². The molecule has 2 aromatic carbocycles. The van der Waals surface area contributed by atoms with Gasteiger partial charge in [0.25, 0.3) is 5.91 Å². The van der Waals surface area contributed by atoms with Gasteiger partial charge in [-0.25, -0.2) is 4.79 Å². The van der Waals surface area contributed by atoms with Gasteiger partial charge in [-0.2, -0.15) is 0 Å². The van der Waals surface area contributed by atoms with Crippen LogP contribution in [-0.2, 0) is 0 Å². The van der Waals surface area contributed by atoms with E-state index in [1.54, 1.807) is 25.1 Å². The molecular weight excluding hydrogens is 381 g/mol. The molecule has 2 N–H and O–H groups in total. The molecule has 0 aromatic heterocycles. The number of aryl methyl sites for hydroxylation is 2. The smallest absolute Gasteiger partial charge is 0.335 e. The lowest BCUT2D eigenvalue weighted by molar-refractivity contribution is 0.0696. The molecule has 0 unspecified atom stereocenters. The number of hydrogen-bond acceptors (Lipinski definition) is 2. The Morgan fingerprint density at radius 1 is 1.05 bits per heavy atom. The van der Waals surface area contributed by atoms with E-state index in [-0.39, 0.29) is 11.5 Å². The topological polar surface area (TPSA) is 66.4 Å². The maximum atomic E-state index is 12.3. The molecular formula is C16H14INO3. The molecule has 21 heavy (non-hydrogen) atoms. The van der Waals surface area contributed by atoms with Gasteiger partial charge in [0, 0.05) is 9.26 Å². The predicted octanol–water partition coefficient (Wildman–Crippen LogP) is 3.86. The first-order valence-electron chi connectivity index (χ1n) is 6.30. The van der Waals surface area contributed by atoms with Gasteiger partial charge in [-0.1, -0.05) is 12.1 Å². The fourth-order valence-electron chi connectivity index (χ4n) is 2.00. The highest BCUT2D eigenvalue weighted by Crippen LogP contribution is 2.20. The Morgan fingerprint density at radius 2 is 1.76 bits per heavy atom. The SMILES string of the molecule is Cc1cc(NC(=O)c2cccc(C)c2I)ccc1C(=O)O. The van der Waals surface area contributed by atoms with E-state index in [0.717, 1.165) is 9.13 Å². The standard InChI is InChI=1S/C16H14INO3/c1-9-4-3-5-13(14(9)17)15(19)18-11-6-7-12(16(20)21)10(2)8-11/h3-8H,1-2H3,(H,18,19)(H,20,21). The normalized spacial score (nSPS) is 10.2. The monoisotopic (exact) mass is 395 g/mol. The molecule has 0 aliphatic rings. The molecule has 0 heterocycles. The van der Waals surface area contributed by atoms with E-state index in [1.165, 1.54) is 6.07 Å². The number of amides is 1. The minimum atomic E-state index is -0.974. The van der Waals surface area contributed by atoms with Gasteiger partial charge >= 0.3 is 5.97 Å². The maximum Gasteiger partial charge on any atom is 0.335 e. The lowest BCUT2D eigenvalue weighted by Crippen LogP contribution is -2.14. The number of aromatic carboxylic acids is 1. The van der Waals surface area contributed by atoms with Gasteiger partial charge < -0.3 is 10.4 Å². The zero-order valence-electron chi connectivity index (χ0n) is 11.6. The Kier molecular flexibility index (Phi) is 4.62. The van der Waals surface area contributed by atoms with E-state index < -0.39 is 5.97 Å². The summed E-state index contributed by atoms with van der Waals surface area (Å²) in [5, 5.41) is 11.8. The molecule has 2 rings (SSSR count). The number of carbonyl (C=O) groups is 2. The van der Waals surface area contributed by atoms with Crippen LogP contribution in [0.2, 0.25) is 0 Å². The van der Waals surface area contributed by atoms with E-state index in [1.807, 2.05) is 19.1 Å². The van der Waals surface area contributed by atoms with Crippen molar-refractivity contribution >= 4 is 40.2 Å². The van der Waals surface area contributed by atoms with Crippen molar-refractivity contribution in [2.45, 2.75) is 13.8 Å². The molecule has 5 heteroatoms. The van der Waals surface area contributed by atoms with Crippen LogP contribution in [0, 0.1) is 17.4 Å². The fourth-order valence-corrected chi connectivity index (χ4v) is 2.61. The Bertz CT molecular complexity index is 725. The highest BCUT2D eigenvalue weighted by molar-refractivity contribution is 14.1. The van der Waals surface area contributed by atoms with Gasteiger partial charge in [0.05, 0.1) is 11.1 Å². The van der Waals surface area contributed by atoms with Gasteiger partial charge in [-0.15, -0.1) is 0 Å². The summed E-state index contributed by atoms with van der Waals surface area (Å²) < 4.78 is 0.909. The second-order valence-electron chi connectivity index (χ2n) is 4.73. The summed E-state index contributed by atoms with van der Waals surface area (Å²) in [4.78, 5) is 23.3. The highest BCUT2D eigenvalue weighted by atomic mass is 127. The third-order valence-corrected chi connectivity index (χ3v) is 4.58. The zero-order chi connectivity index (χ0) is 15.6. The number of carboxylic acid groups (broad SMARTS) is 1. The summed E-state index contributed by atoms with van der Waals surface area (Å²) in [5.74, 6) is -1.18. The van der Waals surface area contributed by atoms with Crippen LogP contribution < -0.4 is 5.32 Å². The first-order valence-corrected chi connectivity index (χ1v) is 7.38. The quantitative estimate of drug-likeness (QED) is 0.776. The first kappa shape index (κ1) is 15.5. The highest BCUT2D eigenvalue weighted by Gasteiger charge is 2.13. The summed E-state index contributed by atoms with van der Waals surface area (Å²) >= 11 is 2.14. The predicted molar refractivity (Wildman–Crippen MR) is 90.0 cm³/mol. The lowest BCUT2D eigenvalue weighted by Gasteiger charge is -2.10. The molecule has 0 spiro atoms. The van der Waals surface area contributed by atoms with Gasteiger partial charge in [-0.3, -0.25) is 4.79 Å². The number of hydrogen-bond donors (Lipinski definition) is 2. The maximum absolute atomic E-state index is 12.3. The molecule has 4 nitrogen and oxygen atoms in total. The van der Waals surface area contributed by atoms with Crippen LogP contribution in [0.4, 0.5) is 5.69 Å². The molecule has 0 saturated heterocycles. The molecule has 0 aliphatic heterocycles. The van der Waals surface area contributed by atoms with Crippen LogP contribution in [0.3, 0.4) is 0 Å². The van der Waals surface area contributed by atoms with Crippen molar-refractivity contribution in [3.8, 4) is 0 Å². The molecule has 0 radical (unpaired) electrons. The summed E-state index contributed by atoms with van der Waals surface area (Å²) in [6.45, 7) is 3.65. The number of nitrogens with one attached hydrogen (secondary N) is 1. The zero-order valence-corrected chi connectivity index (χ0v) is 13.8. The molecule has 1 amide bonds. The van der Waals surface area contributed by atoms with E-state index in [2.05, 4.69) is 27.9 Å². The molecule has 0 bridgehead atoms. The van der Waals surface area contributed by atoms with Gasteiger partial charge in [0.1, 0.15) is 0 Å². The van der Waals surface area contributed by atoms with Crippen molar-refractivity contribution < 1.29 is 14.7 Å². The van der Waals surface area contributed by atoms with Gasteiger partial charge in [0.2, 0.25) is 0 Å². The van der Waals surface area contributed by atoms with E-state index >= 15 is 0 Å². The van der Waals surface area contributed by atoms with Crippen molar-refractivity contribution in [2.75, 3.05) is 5.32 Å². The number of rotatable bonds is 3. The Balaban J connectivity index is 2.26. The molecule has 0 fully saturated rings. The van der Waals surface area contributed by atoms with Crippen molar-refractivity contribution in [1.29, 1.82) is 0 Å². The van der Waals surface area contributed by atoms with Crippen LogP contribution in [0.15, 0.2) is 36.4 Å². The summed E-state index contributed by atoms with van der Waals surface area (Å²) in [5.41, 5.74) is 3.08. The first-order chi connectivity index (χ1) is 9.90. The Morgan fingerprint density at radius 3 is 2.38 bits per heavy atom. The van der Waals surface area contributed by atoms with Crippen molar-refractivity contribution in [3.05, 3.63) is 62.2 Å². The lowest BCUT2D eigenvalue weighted by atomic mass is 10.1. The number of anilines is 1. The minimum absolute atomic E-state index is 0.203. The summed E-state index contributed by atoms with van der Waals surface area (Å²) in [6, 6.07) is 10.3. The third kappa shape index (κ3) is 3.41. The van der Waals surface area contributed by atoms with Crippen LogP contribution in [0.25, 0.3) is 0 Å². The molecule has 0 atom stereocenters. The minimum Gasteiger partial charge on any atom is -0.478 e. The molecule has 108 valence electrons. The van der Waals surface area contributed by atoms with Crippen molar-refractivity contribution in [1.82, 2.24) is 0 Å².